The van der Waals surface area contributed by atoms with Crippen LogP contribution < -0.4 is 5.73 Å². The van der Waals surface area contributed by atoms with E-state index < -0.39 is 0 Å². The van der Waals surface area contributed by atoms with Gasteiger partial charge in [-0.2, -0.15) is 0 Å². The molecule has 1 aliphatic heterocycles. The third kappa shape index (κ3) is 1.90. The van der Waals surface area contributed by atoms with Gasteiger partial charge in [0.15, 0.2) is 0 Å². The number of nitrogen functional groups attached to an aromatic ring is 1. The zero-order valence-corrected chi connectivity index (χ0v) is 10.9. The Bertz CT molecular complexity index is 465. The molecule has 1 amide bonds. The summed E-state index contributed by atoms with van der Waals surface area (Å²) in [6.45, 7) is 7.94. The van der Waals surface area contributed by atoms with Gasteiger partial charge in [0.2, 0.25) is 5.91 Å². The van der Waals surface area contributed by atoms with Gasteiger partial charge in [0.1, 0.15) is 0 Å². The minimum absolute atomic E-state index is 0.0924. The summed E-state index contributed by atoms with van der Waals surface area (Å²) in [6.07, 6.45) is 0.881. The molecule has 0 bridgehead atoms. The number of carbonyl (C=O) groups excluding carboxylic acids is 1. The average molecular weight is 232 g/mol. The van der Waals surface area contributed by atoms with Crippen molar-refractivity contribution in [2.45, 2.75) is 45.7 Å². The van der Waals surface area contributed by atoms with Gasteiger partial charge in [-0.25, -0.2) is 0 Å². The first kappa shape index (κ1) is 12.0. The van der Waals surface area contributed by atoms with Gasteiger partial charge >= 0.3 is 0 Å². The fraction of sp³-hybridized carbons (Fsp3) is 0.500. The fourth-order valence-electron chi connectivity index (χ4n) is 3.08. The van der Waals surface area contributed by atoms with E-state index in [4.69, 9.17) is 5.73 Å². The molecule has 0 spiro atoms. The van der Waals surface area contributed by atoms with Crippen LogP contribution in [0.3, 0.4) is 0 Å². The molecule has 1 heterocycles. The molecule has 3 heteroatoms. The van der Waals surface area contributed by atoms with Crippen LogP contribution in [0.1, 0.15) is 44.9 Å². The first-order chi connectivity index (χ1) is 7.83. The minimum Gasteiger partial charge on any atom is -0.399 e. The van der Waals surface area contributed by atoms with Crippen molar-refractivity contribution in [3.8, 4) is 0 Å². The van der Waals surface area contributed by atoms with Crippen molar-refractivity contribution in [3.63, 3.8) is 0 Å². The number of nitrogens with zero attached hydrogens (tertiary/aromatic N) is 1. The average Bonchev–Trinajstić information content (AvgIpc) is 2.17. The molecule has 1 atom stereocenters. The maximum atomic E-state index is 11.8. The van der Waals surface area contributed by atoms with E-state index >= 15 is 0 Å². The zero-order valence-electron chi connectivity index (χ0n) is 10.9. The Kier molecular flexibility index (Phi) is 2.64. The monoisotopic (exact) mass is 232 g/mol. The van der Waals surface area contributed by atoms with E-state index in [9.17, 15) is 4.79 Å². The van der Waals surface area contributed by atoms with Gasteiger partial charge in [-0.3, -0.25) is 4.79 Å². The number of hydrogen-bond acceptors (Lipinski definition) is 2. The molecule has 1 aromatic rings. The van der Waals surface area contributed by atoms with Crippen LogP contribution >= 0.6 is 0 Å². The maximum absolute atomic E-state index is 11.8. The Hall–Kier alpha value is -1.51. The van der Waals surface area contributed by atoms with E-state index in [0.29, 0.717) is 0 Å². The van der Waals surface area contributed by atoms with E-state index in [1.165, 1.54) is 11.1 Å². The Morgan fingerprint density at radius 1 is 1.47 bits per heavy atom. The zero-order chi connectivity index (χ0) is 12.8. The number of hydrogen-bond donors (Lipinski definition) is 1. The van der Waals surface area contributed by atoms with E-state index in [0.717, 1.165) is 12.1 Å². The van der Waals surface area contributed by atoms with Gasteiger partial charge < -0.3 is 10.6 Å². The second-order valence-corrected chi connectivity index (χ2v) is 5.51. The molecule has 0 fully saturated rings. The SMILES string of the molecule is CC(=O)N1C(C)c2cc(N)ccc2CC1(C)C. The number of carbonyl (C=O) groups is 1. The predicted molar refractivity (Wildman–Crippen MR) is 69.6 cm³/mol. The molecular weight excluding hydrogens is 212 g/mol. The molecule has 2 N–H and O–H groups in total. The van der Waals surface area contributed by atoms with E-state index in [2.05, 4.69) is 26.8 Å². The number of rotatable bonds is 0. The summed E-state index contributed by atoms with van der Waals surface area (Å²) in [5, 5.41) is 0. The molecule has 2 rings (SSSR count). The van der Waals surface area contributed by atoms with Crippen LogP contribution in [0.25, 0.3) is 0 Å². The number of benzene rings is 1. The summed E-state index contributed by atoms with van der Waals surface area (Å²) in [4.78, 5) is 13.8. The highest BCUT2D eigenvalue weighted by molar-refractivity contribution is 5.75. The van der Waals surface area contributed by atoms with Crippen molar-refractivity contribution in [2.75, 3.05) is 5.73 Å². The Balaban J connectivity index is 2.54. The van der Waals surface area contributed by atoms with Crippen molar-refractivity contribution >= 4 is 11.6 Å². The summed E-state index contributed by atoms with van der Waals surface area (Å²) in [5.41, 5.74) is 8.94. The summed E-state index contributed by atoms with van der Waals surface area (Å²) in [7, 11) is 0. The Morgan fingerprint density at radius 2 is 2.12 bits per heavy atom. The van der Waals surface area contributed by atoms with Crippen LogP contribution in [0.5, 0.6) is 0 Å². The van der Waals surface area contributed by atoms with E-state index in [-0.39, 0.29) is 17.5 Å². The smallest absolute Gasteiger partial charge is 0.220 e. The summed E-state index contributed by atoms with van der Waals surface area (Å²) in [6, 6.07) is 6.10. The molecular formula is C14H20N2O. The fourth-order valence-corrected chi connectivity index (χ4v) is 3.08. The molecule has 92 valence electrons. The highest BCUT2D eigenvalue weighted by atomic mass is 16.2. The second kappa shape index (κ2) is 3.76. The van der Waals surface area contributed by atoms with Crippen LogP contribution in [-0.4, -0.2) is 16.3 Å². The number of anilines is 1. The largest absolute Gasteiger partial charge is 0.399 e. The van der Waals surface area contributed by atoms with Crippen LogP contribution in [-0.2, 0) is 11.2 Å². The molecule has 1 aliphatic rings. The predicted octanol–water partition coefficient (Wildman–Crippen LogP) is 2.51. The normalized spacial score (nSPS) is 22.1. The van der Waals surface area contributed by atoms with Gasteiger partial charge in [0.25, 0.3) is 0 Å². The Morgan fingerprint density at radius 3 is 2.71 bits per heavy atom. The molecule has 1 aromatic carbocycles. The third-order valence-corrected chi connectivity index (χ3v) is 3.62. The quantitative estimate of drug-likeness (QED) is 0.699. The van der Waals surface area contributed by atoms with Gasteiger partial charge in [0, 0.05) is 18.2 Å². The molecule has 0 aromatic heterocycles. The van der Waals surface area contributed by atoms with Crippen molar-refractivity contribution in [1.29, 1.82) is 0 Å². The van der Waals surface area contributed by atoms with Gasteiger partial charge in [-0.1, -0.05) is 6.07 Å². The van der Waals surface area contributed by atoms with Gasteiger partial charge in [-0.15, -0.1) is 0 Å². The lowest BCUT2D eigenvalue weighted by molar-refractivity contribution is -0.138. The first-order valence-electron chi connectivity index (χ1n) is 6.01. The highest BCUT2D eigenvalue weighted by Crippen LogP contribution is 2.39. The lowest BCUT2D eigenvalue weighted by Gasteiger charge is -2.47. The van der Waals surface area contributed by atoms with Crippen molar-refractivity contribution < 1.29 is 4.79 Å². The summed E-state index contributed by atoms with van der Waals surface area (Å²) in [5.74, 6) is 0.121. The number of fused-ring (bicyclic) bond motifs is 1. The molecule has 0 radical (unpaired) electrons. The Labute approximate surface area is 103 Å². The standard InChI is InChI=1S/C14H20N2O/c1-9-13-7-12(15)6-5-11(13)8-14(3,4)16(9)10(2)17/h5-7,9H,8,15H2,1-4H3. The van der Waals surface area contributed by atoms with Crippen molar-refractivity contribution in [2.24, 2.45) is 0 Å². The van der Waals surface area contributed by atoms with Crippen molar-refractivity contribution in [1.82, 2.24) is 4.90 Å². The number of amides is 1. The van der Waals surface area contributed by atoms with Crippen LogP contribution in [0.4, 0.5) is 5.69 Å². The molecule has 3 nitrogen and oxygen atoms in total. The molecule has 17 heavy (non-hydrogen) atoms. The molecule has 1 unspecified atom stereocenters. The molecule has 0 saturated heterocycles. The second-order valence-electron chi connectivity index (χ2n) is 5.51. The van der Waals surface area contributed by atoms with Gasteiger partial charge in [0.05, 0.1) is 6.04 Å². The highest BCUT2D eigenvalue weighted by Gasteiger charge is 2.38. The summed E-state index contributed by atoms with van der Waals surface area (Å²) < 4.78 is 0. The van der Waals surface area contributed by atoms with Crippen LogP contribution in [0.15, 0.2) is 18.2 Å². The first-order valence-corrected chi connectivity index (χ1v) is 6.01. The maximum Gasteiger partial charge on any atom is 0.220 e. The lowest BCUT2D eigenvalue weighted by Crippen LogP contribution is -2.52. The molecule has 0 saturated carbocycles. The molecule has 0 aliphatic carbocycles. The number of nitrogens with two attached hydrogens (primary N) is 1. The van der Waals surface area contributed by atoms with Crippen LogP contribution in [0.2, 0.25) is 0 Å². The van der Waals surface area contributed by atoms with E-state index in [1.54, 1.807) is 6.92 Å². The van der Waals surface area contributed by atoms with E-state index in [1.807, 2.05) is 17.0 Å². The summed E-state index contributed by atoms with van der Waals surface area (Å²) >= 11 is 0. The lowest BCUT2D eigenvalue weighted by atomic mass is 9.81. The van der Waals surface area contributed by atoms with Crippen molar-refractivity contribution in [3.05, 3.63) is 29.3 Å². The minimum atomic E-state index is -0.131. The topological polar surface area (TPSA) is 46.3 Å². The van der Waals surface area contributed by atoms with Gasteiger partial charge in [-0.05, 0) is 50.5 Å². The van der Waals surface area contributed by atoms with Crippen LogP contribution in [0, 0.1) is 0 Å². The third-order valence-electron chi connectivity index (χ3n) is 3.62.